The Labute approximate surface area is 178 Å². The Bertz CT molecular complexity index is 621. The summed E-state index contributed by atoms with van der Waals surface area (Å²) in [6.07, 6.45) is -3.64. The highest BCUT2D eigenvalue weighted by Gasteiger charge is 2.28. The van der Waals surface area contributed by atoms with E-state index < -0.39 is 55.6 Å². The van der Waals surface area contributed by atoms with Crippen LogP contribution in [0.1, 0.15) is 57.8 Å². The summed E-state index contributed by atoms with van der Waals surface area (Å²) in [5, 5.41) is 19.0. The molecule has 31 heavy (non-hydrogen) atoms. The highest BCUT2D eigenvalue weighted by atomic mass is 16.8. The molecule has 0 saturated carbocycles. The van der Waals surface area contributed by atoms with E-state index in [1.54, 1.807) is 0 Å². The van der Waals surface area contributed by atoms with Crippen molar-refractivity contribution < 1.29 is 57.8 Å². The fourth-order valence-corrected chi connectivity index (χ4v) is 2.96. The summed E-state index contributed by atoms with van der Waals surface area (Å²) in [5.41, 5.74) is 0. The van der Waals surface area contributed by atoms with Gasteiger partial charge in [-0.1, -0.05) is 0 Å². The highest BCUT2D eigenvalue weighted by molar-refractivity contribution is 5.70. The number of esters is 2. The molecule has 2 aliphatic rings. The number of carbonyl (C=O) groups is 4. The third-order valence-corrected chi connectivity index (χ3v) is 4.61. The summed E-state index contributed by atoms with van der Waals surface area (Å²) < 4.78 is 29.6. The first kappa shape index (κ1) is 24.7. The molecule has 2 heterocycles. The van der Waals surface area contributed by atoms with E-state index in [0.717, 1.165) is 0 Å². The molecule has 0 aliphatic carbocycles. The number of cyclic esters (lactones) is 2. The summed E-state index contributed by atoms with van der Waals surface area (Å²) in [6.45, 7) is -1.05. The predicted octanol–water partition coefficient (Wildman–Crippen LogP) is 1.29. The molecule has 0 aromatic carbocycles. The summed E-state index contributed by atoms with van der Waals surface area (Å²) in [4.78, 5) is 46.5. The largest absolute Gasteiger partial charge is 0.511 e. The molecule has 4 atom stereocenters. The molecule has 0 aromatic rings. The zero-order chi connectivity index (χ0) is 22.6. The molecule has 0 amide bonds. The van der Waals surface area contributed by atoms with E-state index in [9.17, 15) is 24.3 Å². The molecule has 2 rings (SSSR count). The van der Waals surface area contributed by atoms with Crippen LogP contribution in [0, 0.1) is 0 Å². The van der Waals surface area contributed by atoms with Crippen LogP contribution in [0.15, 0.2) is 0 Å². The van der Waals surface area contributed by atoms with Gasteiger partial charge in [0.15, 0.2) is 0 Å². The smallest absolute Gasteiger partial charge is 0.434 e. The summed E-state index contributed by atoms with van der Waals surface area (Å²) in [6, 6.07) is 0. The van der Waals surface area contributed by atoms with Crippen LogP contribution in [-0.2, 0) is 38.0 Å². The Morgan fingerprint density at radius 3 is 2.03 bits per heavy atom. The summed E-state index contributed by atoms with van der Waals surface area (Å²) in [7, 11) is 0. The van der Waals surface area contributed by atoms with E-state index in [0.29, 0.717) is 38.5 Å². The minimum Gasteiger partial charge on any atom is -0.434 e. The standard InChI is InChI=1S/C19H28O12/c20-11-12(21)13(27-19(25)31-17-8-4-2-6-15(23)29-17)9-10-26-18(24)30-16-7-3-1-5-14(22)28-16/h12-13,16-17,20-21H,1-11H2. The van der Waals surface area contributed by atoms with Gasteiger partial charge in [-0.15, -0.1) is 0 Å². The van der Waals surface area contributed by atoms with Crippen molar-refractivity contribution in [3.8, 4) is 0 Å². The Balaban J connectivity index is 1.75. The van der Waals surface area contributed by atoms with Gasteiger partial charge in [0.2, 0.25) is 0 Å². The Morgan fingerprint density at radius 2 is 1.48 bits per heavy atom. The highest BCUT2D eigenvalue weighted by Crippen LogP contribution is 2.18. The molecule has 0 bridgehead atoms. The quantitative estimate of drug-likeness (QED) is 0.404. The lowest BCUT2D eigenvalue weighted by Crippen LogP contribution is -2.36. The van der Waals surface area contributed by atoms with Crippen LogP contribution in [-0.4, -0.2) is 72.5 Å². The third kappa shape index (κ3) is 9.39. The van der Waals surface area contributed by atoms with E-state index in [1.165, 1.54) is 0 Å². The maximum atomic E-state index is 12.0. The van der Waals surface area contributed by atoms with Crippen molar-refractivity contribution in [2.24, 2.45) is 0 Å². The van der Waals surface area contributed by atoms with Crippen LogP contribution in [0.25, 0.3) is 0 Å². The molecule has 176 valence electrons. The van der Waals surface area contributed by atoms with Gasteiger partial charge < -0.3 is 38.6 Å². The van der Waals surface area contributed by atoms with Gasteiger partial charge >= 0.3 is 24.2 Å². The number of carbonyl (C=O) groups excluding carboxylic acids is 4. The Morgan fingerprint density at radius 1 is 0.935 bits per heavy atom. The average molecular weight is 448 g/mol. The Kier molecular flexibility index (Phi) is 10.3. The lowest BCUT2D eigenvalue weighted by molar-refractivity contribution is -0.172. The van der Waals surface area contributed by atoms with E-state index in [1.807, 2.05) is 0 Å². The Hall–Kier alpha value is -2.60. The predicted molar refractivity (Wildman–Crippen MR) is 98.2 cm³/mol. The lowest BCUT2D eigenvalue weighted by atomic mass is 10.1. The number of hydrogen-bond acceptors (Lipinski definition) is 12. The van der Waals surface area contributed by atoms with E-state index in [4.69, 9.17) is 33.5 Å². The van der Waals surface area contributed by atoms with Crippen molar-refractivity contribution in [3.63, 3.8) is 0 Å². The first-order valence-electron chi connectivity index (χ1n) is 10.3. The first-order chi connectivity index (χ1) is 14.9. The minimum absolute atomic E-state index is 0.180. The molecule has 0 aromatic heterocycles. The van der Waals surface area contributed by atoms with Crippen LogP contribution in [0.3, 0.4) is 0 Å². The SMILES string of the molecule is O=C1CCCCC(OC(=O)OCCC(OC(=O)OC2CCCCC(=O)O2)C(O)CO)O1. The number of ether oxygens (including phenoxy) is 6. The van der Waals surface area contributed by atoms with Crippen molar-refractivity contribution >= 4 is 24.2 Å². The van der Waals surface area contributed by atoms with E-state index in [-0.39, 0.29) is 25.9 Å². The number of aliphatic hydroxyl groups excluding tert-OH is 2. The second-order valence-electron chi connectivity index (χ2n) is 7.11. The molecular formula is C19H28O12. The topological polar surface area (TPSA) is 164 Å². The van der Waals surface area contributed by atoms with E-state index >= 15 is 0 Å². The molecule has 4 unspecified atom stereocenters. The van der Waals surface area contributed by atoms with Crippen molar-refractivity contribution in [3.05, 3.63) is 0 Å². The van der Waals surface area contributed by atoms with Crippen molar-refractivity contribution in [1.29, 1.82) is 0 Å². The summed E-state index contributed by atoms with van der Waals surface area (Å²) >= 11 is 0. The van der Waals surface area contributed by atoms with Gasteiger partial charge in [-0.25, -0.2) is 9.59 Å². The average Bonchev–Trinajstić information content (AvgIpc) is 3.05. The van der Waals surface area contributed by atoms with Gasteiger partial charge in [0, 0.05) is 32.1 Å². The van der Waals surface area contributed by atoms with Gasteiger partial charge in [0.25, 0.3) is 12.6 Å². The van der Waals surface area contributed by atoms with Gasteiger partial charge in [-0.3, -0.25) is 9.59 Å². The van der Waals surface area contributed by atoms with E-state index in [2.05, 4.69) is 0 Å². The molecule has 2 saturated heterocycles. The van der Waals surface area contributed by atoms with Crippen molar-refractivity contribution in [2.75, 3.05) is 13.2 Å². The normalized spacial score (nSPS) is 23.8. The first-order valence-corrected chi connectivity index (χ1v) is 10.3. The third-order valence-electron chi connectivity index (χ3n) is 4.61. The molecule has 2 aliphatic heterocycles. The molecule has 0 spiro atoms. The van der Waals surface area contributed by atoms with Gasteiger partial charge in [-0.2, -0.15) is 0 Å². The van der Waals surface area contributed by atoms with Gasteiger partial charge in [0.1, 0.15) is 12.2 Å². The zero-order valence-electron chi connectivity index (χ0n) is 17.1. The molecule has 12 heteroatoms. The molecule has 2 N–H and O–H groups in total. The number of hydrogen-bond donors (Lipinski definition) is 2. The van der Waals surface area contributed by atoms with Crippen LogP contribution >= 0.6 is 0 Å². The van der Waals surface area contributed by atoms with Gasteiger partial charge in [-0.05, 0) is 25.7 Å². The zero-order valence-corrected chi connectivity index (χ0v) is 17.1. The van der Waals surface area contributed by atoms with Crippen molar-refractivity contribution in [2.45, 2.75) is 82.6 Å². The second-order valence-corrected chi connectivity index (χ2v) is 7.11. The molecule has 0 radical (unpaired) electrons. The lowest BCUT2D eigenvalue weighted by Gasteiger charge is -2.23. The van der Waals surface area contributed by atoms with Crippen LogP contribution < -0.4 is 0 Å². The van der Waals surface area contributed by atoms with Crippen molar-refractivity contribution in [1.82, 2.24) is 0 Å². The summed E-state index contributed by atoms with van der Waals surface area (Å²) in [5.74, 6) is -0.957. The molecule has 12 nitrogen and oxygen atoms in total. The number of aliphatic hydroxyl groups is 2. The maximum absolute atomic E-state index is 12.0. The molecular weight excluding hydrogens is 420 g/mol. The molecule has 2 fully saturated rings. The fraction of sp³-hybridized carbons (Fsp3) is 0.789. The van der Waals surface area contributed by atoms with Gasteiger partial charge in [0.05, 0.1) is 13.2 Å². The second kappa shape index (κ2) is 13.0. The van der Waals surface area contributed by atoms with Crippen LogP contribution in [0.2, 0.25) is 0 Å². The monoisotopic (exact) mass is 448 g/mol. The minimum atomic E-state index is -1.47. The maximum Gasteiger partial charge on any atom is 0.511 e. The number of rotatable bonds is 8. The fourth-order valence-electron chi connectivity index (χ4n) is 2.96. The van der Waals surface area contributed by atoms with Crippen LogP contribution in [0.5, 0.6) is 0 Å². The van der Waals surface area contributed by atoms with Crippen LogP contribution in [0.4, 0.5) is 9.59 Å².